The Hall–Kier alpha value is -1.82. The first-order valence-corrected chi connectivity index (χ1v) is 10.5. The van der Waals surface area contributed by atoms with E-state index in [1.54, 1.807) is 0 Å². The molecule has 0 amide bonds. The van der Waals surface area contributed by atoms with E-state index in [1.807, 2.05) is 19.3 Å². The van der Waals surface area contributed by atoms with Crippen LogP contribution in [0.4, 0.5) is 0 Å². The van der Waals surface area contributed by atoms with Crippen LogP contribution in [-0.2, 0) is 6.54 Å². The van der Waals surface area contributed by atoms with E-state index in [0.717, 1.165) is 48.8 Å². The van der Waals surface area contributed by atoms with Crippen molar-refractivity contribution in [3.05, 3.63) is 23.9 Å². The molecule has 0 bridgehead atoms. The van der Waals surface area contributed by atoms with Crippen molar-refractivity contribution in [2.45, 2.75) is 45.6 Å². The van der Waals surface area contributed by atoms with Crippen molar-refractivity contribution < 1.29 is 4.74 Å². The lowest BCUT2D eigenvalue weighted by Crippen LogP contribution is -2.39. The molecule has 0 unspecified atom stereocenters. The van der Waals surface area contributed by atoms with E-state index < -0.39 is 0 Å². The van der Waals surface area contributed by atoms with E-state index in [2.05, 4.69) is 38.5 Å². The van der Waals surface area contributed by atoms with Gasteiger partial charge in [-0.25, -0.2) is 4.98 Å². The molecule has 0 atom stereocenters. The molecule has 6 nitrogen and oxygen atoms in total. The summed E-state index contributed by atoms with van der Waals surface area (Å²) in [5, 5.41) is 6.76. The summed E-state index contributed by atoms with van der Waals surface area (Å²) in [7, 11) is 1.81. The summed E-state index contributed by atoms with van der Waals surface area (Å²) in [6.07, 6.45) is 8.30. The van der Waals surface area contributed by atoms with Gasteiger partial charge in [0.1, 0.15) is 0 Å². The highest BCUT2D eigenvalue weighted by Crippen LogP contribution is 2.29. The zero-order valence-electron chi connectivity index (χ0n) is 16.9. The van der Waals surface area contributed by atoms with Crippen LogP contribution < -0.4 is 15.4 Å². The molecule has 2 N–H and O–H groups in total. The summed E-state index contributed by atoms with van der Waals surface area (Å²) in [6.45, 7) is 8.49. The Labute approximate surface area is 163 Å². The Morgan fingerprint density at radius 3 is 2.70 bits per heavy atom. The van der Waals surface area contributed by atoms with Crippen molar-refractivity contribution >= 4 is 5.96 Å². The fourth-order valence-electron chi connectivity index (χ4n) is 3.29. The molecule has 2 fully saturated rings. The van der Waals surface area contributed by atoms with Gasteiger partial charge in [-0.2, -0.15) is 0 Å². The fourth-order valence-corrected chi connectivity index (χ4v) is 3.29. The normalized spacial score (nSPS) is 19.1. The van der Waals surface area contributed by atoms with Crippen LogP contribution in [-0.4, -0.2) is 55.7 Å². The lowest BCUT2D eigenvalue weighted by molar-refractivity contribution is 0.191. The zero-order valence-corrected chi connectivity index (χ0v) is 16.9. The zero-order chi connectivity index (χ0) is 18.9. The van der Waals surface area contributed by atoms with Crippen LogP contribution in [0.25, 0.3) is 0 Å². The Morgan fingerprint density at radius 2 is 2.04 bits per heavy atom. The van der Waals surface area contributed by atoms with Crippen molar-refractivity contribution in [1.82, 2.24) is 20.5 Å². The Kier molecular flexibility index (Phi) is 7.75. The number of likely N-dealkylation sites (tertiary alicyclic amines) is 1. The fraction of sp³-hybridized carbons (Fsp3) is 0.714. The van der Waals surface area contributed by atoms with Gasteiger partial charge in [0.2, 0.25) is 5.88 Å². The molecule has 150 valence electrons. The van der Waals surface area contributed by atoms with E-state index in [1.165, 1.54) is 45.3 Å². The monoisotopic (exact) mass is 373 g/mol. The molecule has 1 saturated heterocycles. The predicted octanol–water partition coefficient (Wildman–Crippen LogP) is 2.66. The standard InChI is InChI=1S/C21H35N5O/c1-17-8-12-26(13-9-17)11-3-10-23-21(22-2)25-15-19-6-7-20(24-14-19)27-16-18-4-5-18/h6-7,14,17-18H,3-5,8-13,15-16H2,1-2H3,(H2,22,23,25). The molecule has 1 aromatic heterocycles. The SMILES string of the molecule is CN=C(NCCCN1CCC(C)CC1)NCc1ccc(OCC2CC2)nc1. The highest BCUT2D eigenvalue weighted by atomic mass is 16.5. The largest absolute Gasteiger partial charge is 0.477 e. The number of rotatable bonds is 9. The first-order chi connectivity index (χ1) is 13.2. The molecule has 1 aliphatic carbocycles. The van der Waals surface area contributed by atoms with Gasteiger partial charge in [0.25, 0.3) is 0 Å². The minimum atomic E-state index is 0.708. The molecule has 27 heavy (non-hydrogen) atoms. The summed E-state index contributed by atoms with van der Waals surface area (Å²) in [4.78, 5) is 11.3. The first kappa shape index (κ1) is 19.9. The van der Waals surface area contributed by atoms with Crippen molar-refractivity contribution in [2.24, 2.45) is 16.8 Å². The van der Waals surface area contributed by atoms with Crippen LogP contribution in [0.1, 0.15) is 44.6 Å². The number of pyridine rings is 1. The van der Waals surface area contributed by atoms with Crippen LogP contribution in [0, 0.1) is 11.8 Å². The molecule has 1 aliphatic heterocycles. The molecule has 3 rings (SSSR count). The molecule has 2 aliphatic rings. The second-order valence-corrected chi connectivity index (χ2v) is 7.99. The lowest BCUT2D eigenvalue weighted by atomic mass is 9.99. The summed E-state index contributed by atoms with van der Waals surface area (Å²) < 4.78 is 5.68. The molecule has 1 aromatic rings. The highest BCUT2D eigenvalue weighted by Gasteiger charge is 2.22. The van der Waals surface area contributed by atoms with Crippen molar-refractivity contribution in [1.29, 1.82) is 0 Å². The third-order valence-electron chi connectivity index (χ3n) is 5.46. The van der Waals surface area contributed by atoms with Crippen molar-refractivity contribution in [3.8, 4) is 5.88 Å². The number of piperidine rings is 1. The van der Waals surface area contributed by atoms with Gasteiger partial charge >= 0.3 is 0 Å². The summed E-state index contributed by atoms with van der Waals surface area (Å²) >= 11 is 0. The van der Waals surface area contributed by atoms with E-state index in [0.29, 0.717) is 6.54 Å². The van der Waals surface area contributed by atoms with Crippen LogP contribution in [0.5, 0.6) is 5.88 Å². The molecule has 1 saturated carbocycles. The average Bonchev–Trinajstić information content (AvgIpc) is 3.52. The maximum absolute atomic E-state index is 5.68. The lowest BCUT2D eigenvalue weighted by Gasteiger charge is -2.30. The summed E-state index contributed by atoms with van der Waals surface area (Å²) in [6, 6.07) is 4.02. The van der Waals surface area contributed by atoms with Gasteiger partial charge in [-0.1, -0.05) is 13.0 Å². The third-order valence-corrected chi connectivity index (χ3v) is 5.46. The molecular weight excluding hydrogens is 338 g/mol. The molecule has 6 heteroatoms. The van der Waals surface area contributed by atoms with Gasteiger partial charge in [0, 0.05) is 32.4 Å². The average molecular weight is 374 g/mol. The van der Waals surface area contributed by atoms with Crippen LogP contribution in [0.3, 0.4) is 0 Å². The van der Waals surface area contributed by atoms with Gasteiger partial charge in [0.15, 0.2) is 5.96 Å². The second-order valence-electron chi connectivity index (χ2n) is 7.99. The molecule has 0 spiro atoms. The van der Waals surface area contributed by atoms with Crippen molar-refractivity contribution in [3.63, 3.8) is 0 Å². The number of aromatic nitrogens is 1. The summed E-state index contributed by atoms with van der Waals surface area (Å²) in [5.41, 5.74) is 1.12. The topological polar surface area (TPSA) is 61.8 Å². The Balaban J connectivity index is 1.29. The highest BCUT2D eigenvalue weighted by molar-refractivity contribution is 5.79. The predicted molar refractivity (Wildman–Crippen MR) is 110 cm³/mol. The number of hydrogen-bond acceptors (Lipinski definition) is 4. The maximum atomic E-state index is 5.68. The minimum Gasteiger partial charge on any atom is -0.477 e. The Bertz CT molecular complexity index is 577. The molecular formula is C21H35N5O. The number of guanidine groups is 1. The minimum absolute atomic E-state index is 0.708. The number of nitrogens with zero attached hydrogens (tertiary/aromatic N) is 3. The van der Waals surface area contributed by atoms with E-state index in [9.17, 15) is 0 Å². The summed E-state index contributed by atoms with van der Waals surface area (Å²) in [5.74, 6) is 3.22. The molecule has 0 radical (unpaired) electrons. The van der Waals surface area contributed by atoms with Crippen LogP contribution >= 0.6 is 0 Å². The van der Waals surface area contributed by atoms with Crippen LogP contribution in [0.2, 0.25) is 0 Å². The van der Waals surface area contributed by atoms with E-state index >= 15 is 0 Å². The molecule has 2 heterocycles. The quantitative estimate of drug-likeness (QED) is 0.396. The maximum Gasteiger partial charge on any atom is 0.213 e. The number of aliphatic imine (C=N–C) groups is 1. The van der Waals surface area contributed by atoms with Gasteiger partial charge in [-0.05, 0) is 69.1 Å². The number of ether oxygens (including phenoxy) is 1. The van der Waals surface area contributed by atoms with Crippen LogP contribution in [0.15, 0.2) is 23.3 Å². The van der Waals surface area contributed by atoms with Gasteiger partial charge in [-0.15, -0.1) is 0 Å². The van der Waals surface area contributed by atoms with Gasteiger partial charge in [-0.3, -0.25) is 4.99 Å². The Morgan fingerprint density at radius 1 is 1.22 bits per heavy atom. The second kappa shape index (κ2) is 10.5. The van der Waals surface area contributed by atoms with E-state index in [4.69, 9.17) is 4.74 Å². The molecule has 0 aromatic carbocycles. The first-order valence-electron chi connectivity index (χ1n) is 10.5. The smallest absolute Gasteiger partial charge is 0.213 e. The van der Waals surface area contributed by atoms with Gasteiger partial charge in [0.05, 0.1) is 6.61 Å². The number of nitrogens with one attached hydrogen (secondary N) is 2. The van der Waals surface area contributed by atoms with Crippen molar-refractivity contribution in [2.75, 3.05) is 39.8 Å². The van der Waals surface area contributed by atoms with E-state index in [-0.39, 0.29) is 0 Å². The number of hydrogen-bond donors (Lipinski definition) is 2. The van der Waals surface area contributed by atoms with Gasteiger partial charge < -0.3 is 20.3 Å². The third kappa shape index (κ3) is 7.37.